The predicted octanol–water partition coefficient (Wildman–Crippen LogP) is 0.947. The van der Waals surface area contributed by atoms with Crippen LogP contribution in [-0.4, -0.2) is 16.6 Å². The molecular formula is C14H15N3O2. The molecule has 0 amide bonds. The SMILES string of the molecule is NCc1cnc(C2COc3ccccc3C2)[nH]c1=O. The summed E-state index contributed by atoms with van der Waals surface area (Å²) in [5.41, 5.74) is 6.94. The van der Waals surface area contributed by atoms with E-state index in [2.05, 4.69) is 9.97 Å². The van der Waals surface area contributed by atoms with E-state index in [0.717, 1.165) is 17.7 Å². The smallest absolute Gasteiger partial charge is 0.255 e. The second kappa shape index (κ2) is 4.85. The quantitative estimate of drug-likeness (QED) is 0.839. The van der Waals surface area contributed by atoms with E-state index in [4.69, 9.17) is 10.5 Å². The molecule has 1 unspecified atom stereocenters. The molecule has 19 heavy (non-hydrogen) atoms. The van der Waals surface area contributed by atoms with Crippen LogP contribution in [0.5, 0.6) is 5.75 Å². The van der Waals surface area contributed by atoms with Crippen LogP contribution in [-0.2, 0) is 13.0 Å². The van der Waals surface area contributed by atoms with Crippen LogP contribution in [0.2, 0.25) is 0 Å². The van der Waals surface area contributed by atoms with Gasteiger partial charge in [0, 0.05) is 18.3 Å². The van der Waals surface area contributed by atoms with Gasteiger partial charge in [0.2, 0.25) is 0 Å². The summed E-state index contributed by atoms with van der Waals surface area (Å²) in [7, 11) is 0. The number of aromatic nitrogens is 2. The molecule has 1 aliphatic heterocycles. The van der Waals surface area contributed by atoms with Gasteiger partial charge in [-0.1, -0.05) is 18.2 Å². The van der Waals surface area contributed by atoms with Crippen molar-refractivity contribution in [3.05, 3.63) is 57.8 Å². The average Bonchev–Trinajstić information content (AvgIpc) is 2.46. The fourth-order valence-corrected chi connectivity index (χ4v) is 2.29. The molecule has 0 aliphatic carbocycles. The highest BCUT2D eigenvalue weighted by molar-refractivity contribution is 5.36. The van der Waals surface area contributed by atoms with E-state index in [9.17, 15) is 4.79 Å². The van der Waals surface area contributed by atoms with Crippen molar-refractivity contribution >= 4 is 0 Å². The number of hydrogen-bond acceptors (Lipinski definition) is 4. The van der Waals surface area contributed by atoms with Crippen molar-refractivity contribution in [3.63, 3.8) is 0 Å². The first-order valence-corrected chi connectivity index (χ1v) is 6.27. The molecular weight excluding hydrogens is 242 g/mol. The minimum absolute atomic E-state index is 0.0782. The monoisotopic (exact) mass is 257 g/mol. The second-order valence-electron chi connectivity index (χ2n) is 4.65. The minimum atomic E-state index is -0.161. The van der Waals surface area contributed by atoms with Crippen molar-refractivity contribution in [2.45, 2.75) is 18.9 Å². The maximum absolute atomic E-state index is 11.7. The number of nitrogens with zero attached hydrogens (tertiary/aromatic N) is 1. The standard InChI is InChI=1S/C14H15N3O2/c15-6-11-7-16-13(17-14(11)18)10-5-9-3-1-2-4-12(9)19-8-10/h1-4,7,10H,5-6,8,15H2,(H,16,17,18). The van der Waals surface area contributed by atoms with E-state index >= 15 is 0 Å². The average molecular weight is 257 g/mol. The van der Waals surface area contributed by atoms with Gasteiger partial charge < -0.3 is 15.5 Å². The zero-order chi connectivity index (χ0) is 13.2. The van der Waals surface area contributed by atoms with Crippen LogP contribution in [0.4, 0.5) is 0 Å². The number of hydrogen-bond donors (Lipinski definition) is 2. The summed E-state index contributed by atoms with van der Waals surface area (Å²) in [5, 5.41) is 0. The first kappa shape index (κ1) is 11.9. The van der Waals surface area contributed by atoms with Crippen molar-refractivity contribution in [2.75, 3.05) is 6.61 Å². The highest BCUT2D eigenvalue weighted by Crippen LogP contribution is 2.30. The summed E-state index contributed by atoms with van der Waals surface area (Å²) in [6.07, 6.45) is 2.37. The van der Waals surface area contributed by atoms with Crippen LogP contribution >= 0.6 is 0 Å². The van der Waals surface area contributed by atoms with E-state index in [1.54, 1.807) is 6.20 Å². The van der Waals surface area contributed by atoms with Crippen LogP contribution in [0.15, 0.2) is 35.3 Å². The summed E-state index contributed by atoms with van der Waals surface area (Å²) in [6.45, 7) is 0.731. The summed E-state index contributed by atoms with van der Waals surface area (Å²) in [5.74, 6) is 1.66. The summed E-state index contributed by atoms with van der Waals surface area (Å²) < 4.78 is 5.70. The topological polar surface area (TPSA) is 81.0 Å². The lowest BCUT2D eigenvalue weighted by Crippen LogP contribution is -2.25. The lowest BCUT2D eigenvalue weighted by Gasteiger charge is -2.24. The molecule has 2 heterocycles. The molecule has 0 bridgehead atoms. The largest absolute Gasteiger partial charge is 0.493 e. The number of rotatable bonds is 2. The highest BCUT2D eigenvalue weighted by atomic mass is 16.5. The fraction of sp³-hybridized carbons (Fsp3) is 0.286. The van der Waals surface area contributed by atoms with Gasteiger partial charge in [0.05, 0.1) is 12.5 Å². The van der Waals surface area contributed by atoms with E-state index in [1.165, 1.54) is 0 Å². The highest BCUT2D eigenvalue weighted by Gasteiger charge is 2.23. The van der Waals surface area contributed by atoms with Gasteiger partial charge in [-0.25, -0.2) is 4.98 Å². The predicted molar refractivity (Wildman–Crippen MR) is 71.1 cm³/mol. The lowest BCUT2D eigenvalue weighted by atomic mass is 9.96. The first-order valence-electron chi connectivity index (χ1n) is 6.27. The molecule has 0 spiro atoms. The van der Waals surface area contributed by atoms with Crippen LogP contribution in [0.1, 0.15) is 22.9 Å². The Morgan fingerprint density at radius 3 is 3.05 bits per heavy atom. The van der Waals surface area contributed by atoms with Crippen LogP contribution in [0.3, 0.4) is 0 Å². The Morgan fingerprint density at radius 2 is 2.26 bits per heavy atom. The molecule has 1 aromatic heterocycles. The molecule has 0 fully saturated rings. The van der Waals surface area contributed by atoms with Crippen LogP contribution in [0.25, 0.3) is 0 Å². The number of aromatic amines is 1. The Bertz CT molecular complexity index is 651. The van der Waals surface area contributed by atoms with E-state index in [0.29, 0.717) is 18.0 Å². The van der Waals surface area contributed by atoms with Crippen LogP contribution in [0, 0.1) is 0 Å². The van der Waals surface area contributed by atoms with Gasteiger partial charge in [0.1, 0.15) is 11.6 Å². The molecule has 0 saturated carbocycles. The van der Waals surface area contributed by atoms with E-state index in [1.807, 2.05) is 24.3 Å². The Labute approximate surface area is 110 Å². The summed E-state index contributed by atoms with van der Waals surface area (Å²) in [4.78, 5) is 18.8. The maximum atomic E-state index is 11.7. The van der Waals surface area contributed by atoms with Gasteiger partial charge in [0.25, 0.3) is 5.56 Å². The summed E-state index contributed by atoms with van der Waals surface area (Å²) >= 11 is 0. The molecule has 5 nitrogen and oxygen atoms in total. The molecule has 2 aromatic rings. The van der Waals surface area contributed by atoms with Crippen molar-refractivity contribution in [1.29, 1.82) is 0 Å². The number of para-hydroxylation sites is 1. The number of nitrogens with one attached hydrogen (secondary N) is 1. The molecule has 1 aliphatic rings. The molecule has 0 radical (unpaired) electrons. The lowest BCUT2D eigenvalue weighted by molar-refractivity contribution is 0.257. The number of nitrogens with two attached hydrogens (primary N) is 1. The van der Waals surface area contributed by atoms with E-state index < -0.39 is 0 Å². The Hall–Kier alpha value is -2.14. The van der Waals surface area contributed by atoms with Crippen LogP contribution < -0.4 is 16.0 Å². The van der Waals surface area contributed by atoms with Gasteiger partial charge in [0.15, 0.2) is 0 Å². The molecule has 1 atom stereocenters. The number of H-pyrrole nitrogens is 1. The number of ether oxygens (including phenoxy) is 1. The maximum Gasteiger partial charge on any atom is 0.255 e. The van der Waals surface area contributed by atoms with Gasteiger partial charge in [-0.15, -0.1) is 0 Å². The molecule has 98 valence electrons. The number of benzene rings is 1. The third-order valence-corrected chi connectivity index (χ3v) is 3.38. The van der Waals surface area contributed by atoms with E-state index in [-0.39, 0.29) is 18.0 Å². The molecule has 3 rings (SSSR count). The number of fused-ring (bicyclic) bond motifs is 1. The van der Waals surface area contributed by atoms with Crippen molar-refractivity contribution in [2.24, 2.45) is 5.73 Å². The third kappa shape index (κ3) is 2.24. The van der Waals surface area contributed by atoms with Crippen molar-refractivity contribution < 1.29 is 4.74 Å². The van der Waals surface area contributed by atoms with Crippen molar-refractivity contribution in [1.82, 2.24) is 9.97 Å². The molecule has 3 N–H and O–H groups in total. The molecule has 5 heteroatoms. The molecule has 0 saturated heterocycles. The van der Waals surface area contributed by atoms with Crippen molar-refractivity contribution in [3.8, 4) is 5.75 Å². The zero-order valence-corrected chi connectivity index (χ0v) is 10.4. The minimum Gasteiger partial charge on any atom is -0.493 e. The second-order valence-corrected chi connectivity index (χ2v) is 4.65. The normalized spacial score (nSPS) is 17.6. The van der Waals surface area contributed by atoms with Gasteiger partial charge in [-0.2, -0.15) is 0 Å². The Morgan fingerprint density at radius 1 is 1.42 bits per heavy atom. The zero-order valence-electron chi connectivity index (χ0n) is 10.4. The Kier molecular flexibility index (Phi) is 3.05. The van der Waals surface area contributed by atoms with Gasteiger partial charge in [-0.05, 0) is 18.1 Å². The van der Waals surface area contributed by atoms with Gasteiger partial charge in [-0.3, -0.25) is 4.79 Å². The fourth-order valence-electron chi connectivity index (χ4n) is 2.29. The Balaban J connectivity index is 1.89. The molecule has 1 aromatic carbocycles. The third-order valence-electron chi connectivity index (χ3n) is 3.38. The first-order chi connectivity index (χ1) is 9.28. The van der Waals surface area contributed by atoms with Gasteiger partial charge >= 0.3 is 0 Å². The summed E-state index contributed by atoms with van der Waals surface area (Å²) in [6, 6.07) is 7.93.